The van der Waals surface area contributed by atoms with Crippen LogP contribution in [-0.4, -0.2) is 18.9 Å². The van der Waals surface area contributed by atoms with Crippen molar-refractivity contribution in [3.63, 3.8) is 0 Å². The smallest absolute Gasteiger partial charge is 0.332 e. The predicted molar refractivity (Wildman–Crippen MR) is 99.0 cm³/mol. The molecule has 0 bridgehead atoms. The van der Waals surface area contributed by atoms with E-state index in [0.717, 1.165) is 9.13 Å². The second-order valence-corrected chi connectivity index (χ2v) is 5.98. The number of benzene rings is 2. The van der Waals surface area contributed by atoms with E-state index in [2.05, 4.69) is 32.6 Å². The van der Waals surface area contributed by atoms with Crippen LogP contribution in [0.3, 0.4) is 0 Å². The second-order valence-electron chi connectivity index (χ2n) is 4.82. The lowest BCUT2D eigenvalue weighted by molar-refractivity contribution is -0.140. The van der Waals surface area contributed by atoms with Crippen molar-refractivity contribution in [2.45, 2.75) is 13.5 Å². The van der Waals surface area contributed by atoms with Crippen LogP contribution in [0.15, 0.2) is 47.6 Å². The monoisotopic (exact) mass is 440 g/mol. The molecular formula is C17H17IN2O4. The zero-order chi connectivity index (χ0) is 17.5. The van der Waals surface area contributed by atoms with Gasteiger partial charge in [-0.3, -0.25) is 0 Å². The van der Waals surface area contributed by atoms with Crippen LogP contribution in [0.2, 0.25) is 0 Å². The van der Waals surface area contributed by atoms with Gasteiger partial charge in [-0.2, -0.15) is 0 Å². The lowest BCUT2D eigenvalue weighted by Gasteiger charge is -2.13. The fourth-order valence-corrected chi connectivity index (χ4v) is 2.62. The van der Waals surface area contributed by atoms with Gasteiger partial charge < -0.3 is 20.0 Å². The molecule has 2 aromatic carbocycles. The largest absolute Gasteiger partial charge is 0.493 e. The molecule has 126 valence electrons. The molecule has 0 amide bonds. The summed E-state index contributed by atoms with van der Waals surface area (Å²) in [5.41, 5.74) is 7.50. The molecule has 0 aliphatic carbocycles. The van der Waals surface area contributed by atoms with Crippen molar-refractivity contribution in [2.75, 3.05) is 7.11 Å². The number of hydrogen-bond acceptors (Lipinski definition) is 5. The van der Waals surface area contributed by atoms with Crippen molar-refractivity contribution < 1.29 is 19.1 Å². The molecule has 2 rings (SSSR count). The van der Waals surface area contributed by atoms with Crippen molar-refractivity contribution >= 4 is 34.4 Å². The van der Waals surface area contributed by atoms with Gasteiger partial charge in [0.2, 0.25) is 0 Å². The summed E-state index contributed by atoms with van der Waals surface area (Å²) < 4.78 is 12.0. The van der Waals surface area contributed by atoms with Crippen LogP contribution >= 0.6 is 22.6 Å². The highest BCUT2D eigenvalue weighted by Gasteiger charge is 2.14. The minimum atomic E-state index is -0.539. The van der Waals surface area contributed by atoms with Gasteiger partial charge in [0.15, 0.2) is 17.3 Å². The number of nitrogens with two attached hydrogens (primary N) is 1. The molecule has 0 atom stereocenters. The Balaban J connectivity index is 2.23. The Morgan fingerprint density at radius 2 is 1.92 bits per heavy atom. The Morgan fingerprint density at radius 3 is 2.54 bits per heavy atom. The number of nitrogens with zero attached hydrogens (tertiary/aromatic N) is 1. The number of halogens is 1. The molecule has 0 fully saturated rings. The molecule has 0 saturated heterocycles. The Labute approximate surface area is 153 Å². The summed E-state index contributed by atoms with van der Waals surface area (Å²) in [5, 5.41) is 3.60. The van der Waals surface area contributed by atoms with E-state index in [1.807, 2.05) is 30.3 Å². The van der Waals surface area contributed by atoms with Gasteiger partial charge in [-0.25, -0.2) is 4.79 Å². The SMILES string of the molecule is COc1cc(/C(N)=N/OC(C)=O)c(I)cc1OCc1ccccc1. The highest BCUT2D eigenvalue weighted by molar-refractivity contribution is 14.1. The van der Waals surface area contributed by atoms with E-state index >= 15 is 0 Å². The number of carbonyl (C=O) groups is 1. The van der Waals surface area contributed by atoms with Gasteiger partial charge in [0.25, 0.3) is 0 Å². The van der Waals surface area contributed by atoms with E-state index in [9.17, 15) is 4.79 Å². The molecule has 0 radical (unpaired) electrons. The van der Waals surface area contributed by atoms with E-state index in [0.29, 0.717) is 23.7 Å². The molecule has 0 spiro atoms. The molecule has 2 N–H and O–H groups in total. The molecule has 0 aliphatic rings. The maximum absolute atomic E-state index is 10.8. The van der Waals surface area contributed by atoms with Crippen molar-refractivity contribution in [1.82, 2.24) is 0 Å². The first-order valence-electron chi connectivity index (χ1n) is 7.07. The standard InChI is InChI=1S/C17H17IN2O4/c1-11(21)24-20-17(19)13-8-15(22-2)16(9-14(13)18)23-10-12-6-4-3-5-7-12/h3-9H,10H2,1-2H3,(H2,19,20). The number of rotatable bonds is 6. The average Bonchev–Trinajstić information content (AvgIpc) is 2.58. The first-order chi connectivity index (χ1) is 11.5. The summed E-state index contributed by atoms with van der Waals surface area (Å²) in [4.78, 5) is 15.4. The minimum absolute atomic E-state index is 0.0857. The summed E-state index contributed by atoms with van der Waals surface area (Å²) >= 11 is 2.11. The van der Waals surface area contributed by atoms with Gasteiger partial charge in [0, 0.05) is 16.1 Å². The molecule has 24 heavy (non-hydrogen) atoms. The molecule has 0 heterocycles. The molecule has 7 heteroatoms. The van der Waals surface area contributed by atoms with E-state index < -0.39 is 5.97 Å². The number of carbonyl (C=O) groups excluding carboxylic acids is 1. The van der Waals surface area contributed by atoms with Gasteiger partial charge in [-0.05, 0) is 40.3 Å². The quantitative estimate of drug-likeness (QED) is 0.246. The summed E-state index contributed by atoms with van der Waals surface area (Å²) in [5.74, 6) is 0.655. The van der Waals surface area contributed by atoms with Crippen molar-refractivity contribution in [1.29, 1.82) is 0 Å². The lowest BCUT2D eigenvalue weighted by atomic mass is 10.2. The first-order valence-corrected chi connectivity index (χ1v) is 8.14. The summed E-state index contributed by atoms with van der Waals surface area (Å²) in [6.07, 6.45) is 0. The molecule has 0 aromatic heterocycles. The third kappa shape index (κ3) is 4.85. The fourth-order valence-electron chi connectivity index (χ4n) is 1.90. The fraction of sp³-hybridized carbons (Fsp3) is 0.176. The van der Waals surface area contributed by atoms with E-state index in [4.69, 9.17) is 15.2 Å². The van der Waals surface area contributed by atoms with Gasteiger partial charge in [0.05, 0.1) is 7.11 Å². The molecule has 0 unspecified atom stereocenters. The summed E-state index contributed by atoms with van der Waals surface area (Å²) in [6, 6.07) is 13.3. The highest BCUT2D eigenvalue weighted by atomic mass is 127. The Morgan fingerprint density at radius 1 is 1.21 bits per heavy atom. The van der Waals surface area contributed by atoms with Gasteiger partial charge in [-0.1, -0.05) is 35.5 Å². The summed E-state index contributed by atoms with van der Waals surface area (Å²) in [7, 11) is 1.54. The van der Waals surface area contributed by atoms with Crippen molar-refractivity contribution in [3.05, 3.63) is 57.2 Å². The third-order valence-corrected chi connectivity index (χ3v) is 3.93. The van der Waals surface area contributed by atoms with E-state index in [1.54, 1.807) is 19.2 Å². The molecular weight excluding hydrogens is 423 g/mol. The number of amidine groups is 1. The second kappa shape index (κ2) is 8.53. The average molecular weight is 440 g/mol. The van der Waals surface area contributed by atoms with Crippen LogP contribution in [-0.2, 0) is 16.2 Å². The molecule has 2 aromatic rings. The molecule has 6 nitrogen and oxygen atoms in total. The Hall–Kier alpha value is -2.29. The maximum Gasteiger partial charge on any atom is 0.332 e. The van der Waals surface area contributed by atoms with Crippen LogP contribution in [0, 0.1) is 3.57 Å². The van der Waals surface area contributed by atoms with Crippen LogP contribution < -0.4 is 15.2 Å². The number of hydrogen-bond donors (Lipinski definition) is 1. The zero-order valence-electron chi connectivity index (χ0n) is 13.3. The molecule has 0 saturated carbocycles. The highest BCUT2D eigenvalue weighted by Crippen LogP contribution is 2.32. The Bertz CT molecular complexity index is 748. The van der Waals surface area contributed by atoms with Gasteiger partial charge in [-0.15, -0.1) is 0 Å². The maximum atomic E-state index is 10.8. The van der Waals surface area contributed by atoms with Crippen molar-refractivity contribution in [2.24, 2.45) is 10.9 Å². The van der Waals surface area contributed by atoms with Crippen LogP contribution in [0.1, 0.15) is 18.1 Å². The van der Waals surface area contributed by atoms with Crippen LogP contribution in [0.4, 0.5) is 0 Å². The lowest BCUT2D eigenvalue weighted by Crippen LogP contribution is -2.16. The minimum Gasteiger partial charge on any atom is -0.493 e. The van der Waals surface area contributed by atoms with E-state index in [-0.39, 0.29) is 5.84 Å². The third-order valence-electron chi connectivity index (χ3n) is 3.04. The summed E-state index contributed by atoms with van der Waals surface area (Å²) in [6.45, 7) is 1.67. The van der Waals surface area contributed by atoms with Crippen LogP contribution in [0.5, 0.6) is 11.5 Å². The number of ether oxygens (including phenoxy) is 2. The van der Waals surface area contributed by atoms with Crippen LogP contribution in [0.25, 0.3) is 0 Å². The van der Waals surface area contributed by atoms with Gasteiger partial charge in [0.1, 0.15) is 6.61 Å². The predicted octanol–water partition coefficient (Wildman–Crippen LogP) is 3.06. The zero-order valence-corrected chi connectivity index (χ0v) is 15.4. The van der Waals surface area contributed by atoms with E-state index in [1.165, 1.54) is 6.92 Å². The molecule has 0 aliphatic heterocycles. The number of oxime groups is 1. The van der Waals surface area contributed by atoms with Crippen molar-refractivity contribution in [3.8, 4) is 11.5 Å². The first kappa shape index (κ1) is 18.1. The Kier molecular flexibility index (Phi) is 6.42. The topological polar surface area (TPSA) is 83.1 Å². The normalized spacial score (nSPS) is 11.0. The number of methoxy groups -OCH3 is 1. The van der Waals surface area contributed by atoms with Gasteiger partial charge >= 0.3 is 5.97 Å².